The number of hydrogen-bond acceptors (Lipinski definition) is 4. The van der Waals surface area contributed by atoms with Gasteiger partial charge in [0.05, 0.1) is 17.8 Å². The Labute approximate surface area is 171 Å². The van der Waals surface area contributed by atoms with Gasteiger partial charge in [-0.1, -0.05) is 11.6 Å². The van der Waals surface area contributed by atoms with Crippen LogP contribution in [-0.4, -0.2) is 27.5 Å². The zero-order valence-electron chi connectivity index (χ0n) is 14.9. The fourth-order valence-electron chi connectivity index (χ4n) is 3.24. The molecule has 0 aromatic heterocycles. The number of nitrogens with one attached hydrogen (secondary N) is 1. The van der Waals surface area contributed by atoms with Gasteiger partial charge in [0.15, 0.2) is 0 Å². The highest BCUT2D eigenvalue weighted by molar-refractivity contribution is 9.10. The molecular formula is C18H18BrClN2O4S. The summed E-state index contributed by atoms with van der Waals surface area (Å²) in [5, 5.41) is 0.294. The smallest absolute Gasteiger partial charge is 0.263 e. The minimum Gasteiger partial charge on any atom is -0.495 e. The van der Waals surface area contributed by atoms with Crippen LogP contribution in [0.5, 0.6) is 5.75 Å². The Morgan fingerprint density at radius 1 is 1.33 bits per heavy atom. The lowest BCUT2D eigenvalue weighted by Gasteiger charge is -2.21. The molecule has 6 nitrogen and oxygen atoms in total. The number of fused-ring (bicyclic) bond motifs is 1. The maximum absolute atomic E-state index is 12.9. The van der Waals surface area contributed by atoms with E-state index in [4.69, 9.17) is 16.3 Å². The molecule has 2 aromatic carbocycles. The van der Waals surface area contributed by atoms with Crippen molar-refractivity contribution >= 4 is 54.8 Å². The maximum atomic E-state index is 12.9. The molecule has 0 aliphatic carbocycles. The standard InChI is InChI=1S/C18H18BrClN2O4S/c1-10-6-12-7-14(19)18(9-16(12)22(10)11(2)23)27(24,25)21-13-4-5-17(26-3)15(20)8-13/h4-5,7-10,21H,6H2,1-3H3. The van der Waals surface area contributed by atoms with Gasteiger partial charge in [0, 0.05) is 23.1 Å². The molecule has 0 spiro atoms. The average molecular weight is 474 g/mol. The topological polar surface area (TPSA) is 75.7 Å². The van der Waals surface area contributed by atoms with Crippen LogP contribution >= 0.6 is 27.5 Å². The summed E-state index contributed by atoms with van der Waals surface area (Å²) in [4.78, 5) is 13.6. The van der Waals surface area contributed by atoms with Gasteiger partial charge in [-0.3, -0.25) is 9.52 Å². The van der Waals surface area contributed by atoms with Gasteiger partial charge in [0.2, 0.25) is 5.91 Å². The number of ether oxygens (including phenoxy) is 1. The number of anilines is 2. The van der Waals surface area contributed by atoms with Crippen LogP contribution < -0.4 is 14.4 Å². The molecule has 144 valence electrons. The van der Waals surface area contributed by atoms with Crippen LogP contribution in [0.15, 0.2) is 39.7 Å². The Balaban J connectivity index is 2.00. The molecule has 3 rings (SSSR count). The van der Waals surface area contributed by atoms with Gasteiger partial charge in [0.25, 0.3) is 10.0 Å². The highest BCUT2D eigenvalue weighted by atomic mass is 79.9. The van der Waals surface area contributed by atoms with Crippen LogP contribution in [0.2, 0.25) is 5.02 Å². The highest BCUT2D eigenvalue weighted by Crippen LogP contribution is 2.38. The van der Waals surface area contributed by atoms with Crippen molar-refractivity contribution in [3.63, 3.8) is 0 Å². The summed E-state index contributed by atoms with van der Waals surface area (Å²) in [6.45, 7) is 3.40. The summed E-state index contributed by atoms with van der Waals surface area (Å²) in [6, 6.07) is 7.88. The molecule has 1 aliphatic heterocycles. The molecule has 0 saturated carbocycles. The second kappa shape index (κ2) is 7.33. The Hall–Kier alpha value is -1.77. The van der Waals surface area contributed by atoms with Crippen LogP contribution in [0.1, 0.15) is 19.4 Å². The summed E-state index contributed by atoms with van der Waals surface area (Å²) < 4.78 is 33.9. The Kier molecular flexibility index (Phi) is 5.42. The number of amides is 1. The summed E-state index contributed by atoms with van der Waals surface area (Å²) in [5.41, 5.74) is 1.85. The highest BCUT2D eigenvalue weighted by Gasteiger charge is 2.32. The minimum atomic E-state index is -3.90. The molecule has 0 saturated heterocycles. The first-order valence-electron chi connectivity index (χ1n) is 8.12. The van der Waals surface area contributed by atoms with Crippen molar-refractivity contribution in [2.45, 2.75) is 31.2 Å². The van der Waals surface area contributed by atoms with Crippen LogP contribution in [0.3, 0.4) is 0 Å². The molecular weight excluding hydrogens is 456 g/mol. The fraction of sp³-hybridized carbons (Fsp3) is 0.278. The zero-order valence-corrected chi connectivity index (χ0v) is 18.1. The van der Waals surface area contributed by atoms with Crippen LogP contribution in [0.25, 0.3) is 0 Å². The van der Waals surface area contributed by atoms with E-state index < -0.39 is 10.0 Å². The number of carbonyl (C=O) groups is 1. The second-order valence-electron chi connectivity index (χ2n) is 6.31. The van der Waals surface area contributed by atoms with Gasteiger partial charge in [-0.05, 0) is 65.2 Å². The first-order valence-corrected chi connectivity index (χ1v) is 10.8. The average Bonchev–Trinajstić information content (AvgIpc) is 2.88. The number of carbonyl (C=O) groups excluding carboxylic acids is 1. The molecule has 9 heteroatoms. The van der Waals surface area contributed by atoms with Crippen molar-refractivity contribution in [2.75, 3.05) is 16.7 Å². The van der Waals surface area contributed by atoms with Crippen molar-refractivity contribution < 1.29 is 17.9 Å². The molecule has 27 heavy (non-hydrogen) atoms. The molecule has 1 amide bonds. The van der Waals surface area contributed by atoms with E-state index in [0.717, 1.165) is 5.56 Å². The fourth-order valence-corrected chi connectivity index (χ4v) is 5.66. The number of nitrogens with zero attached hydrogens (tertiary/aromatic N) is 1. The number of methoxy groups -OCH3 is 1. The van der Waals surface area contributed by atoms with Gasteiger partial charge in [-0.25, -0.2) is 8.42 Å². The van der Waals surface area contributed by atoms with E-state index in [2.05, 4.69) is 20.7 Å². The van der Waals surface area contributed by atoms with E-state index in [-0.39, 0.29) is 16.8 Å². The molecule has 0 radical (unpaired) electrons. The molecule has 2 aromatic rings. The molecule has 1 heterocycles. The number of halogens is 2. The third-order valence-electron chi connectivity index (χ3n) is 4.38. The molecule has 0 bridgehead atoms. The Bertz CT molecular complexity index is 1030. The molecule has 0 fully saturated rings. The lowest BCUT2D eigenvalue weighted by atomic mass is 10.1. The van der Waals surface area contributed by atoms with Gasteiger partial charge >= 0.3 is 0 Å². The van der Waals surface area contributed by atoms with Crippen molar-refractivity contribution in [1.29, 1.82) is 0 Å². The van der Waals surface area contributed by atoms with Crippen LogP contribution in [-0.2, 0) is 21.2 Å². The molecule has 1 N–H and O–H groups in total. The van der Waals surface area contributed by atoms with Crippen molar-refractivity contribution in [1.82, 2.24) is 0 Å². The monoisotopic (exact) mass is 472 g/mol. The van der Waals surface area contributed by atoms with E-state index in [1.165, 1.54) is 26.2 Å². The normalized spacial score (nSPS) is 16.2. The van der Waals surface area contributed by atoms with Gasteiger partial charge < -0.3 is 9.64 Å². The largest absolute Gasteiger partial charge is 0.495 e. The summed E-state index contributed by atoms with van der Waals surface area (Å²) in [6.07, 6.45) is 0.676. The van der Waals surface area contributed by atoms with E-state index in [1.807, 2.05) is 6.92 Å². The lowest BCUT2D eigenvalue weighted by Crippen LogP contribution is -2.33. The van der Waals surface area contributed by atoms with Crippen LogP contribution in [0.4, 0.5) is 11.4 Å². The number of hydrogen-bond donors (Lipinski definition) is 1. The summed E-state index contributed by atoms with van der Waals surface area (Å²) in [7, 11) is -2.42. The van der Waals surface area contributed by atoms with E-state index in [9.17, 15) is 13.2 Å². The molecule has 1 atom stereocenters. The number of sulfonamides is 1. The Morgan fingerprint density at radius 2 is 2.04 bits per heavy atom. The van der Waals surface area contributed by atoms with Crippen molar-refractivity contribution in [3.05, 3.63) is 45.4 Å². The van der Waals surface area contributed by atoms with Gasteiger partial charge in [0.1, 0.15) is 10.6 Å². The van der Waals surface area contributed by atoms with E-state index in [1.54, 1.807) is 23.1 Å². The predicted molar refractivity (Wildman–Crippen MR) is 109 cm³/mol. The summed E-state index contributed by atoms with van der Waals surface area (Å²) in [5.74, 6) is 0.325. The quantitative estimate of drug-likeness (QED) is 0.722. The molecule has 1 aliphatic rings. The third-order valence-corrected chi connectivity index (χ3v) is 7.02. The maximum Gasteiger partial charge on any atom is 0.263 e. The minimum absolute atomic E-state index is 0.0179. The zero-order chi connectivity index (χ0) is 19.9. The first kappa shape index (κ1) is 20.0. The number of rotatable bonds is 4. The van der Waals surface area contributed by atoms with Crippen molar-refractivity contribution in [2.24, 2.45) is 0 Å². The second-order valence-corrected chi connectivity index (χ2v) is 9.22. The van der Waals surface area contributed by atoms with Crippen molar-refractivity contribution in [3.8, 4) is 5.75 Å². The molecule has 1 unspecified atom stereocenters. The first-order chi connectivity index (χ1) is 12.6. The Morgan fingerprint density at radius 3 is 2.63 bits per heavy atom. The van der Waals surface area contributed by atoms with Gasteiger partial charge in [-0.2, -0.15) is 0 Å². The SMILES string of the molecule is COc1ccc(NS(=O)(=O)c2cc3c(cc2Br)CC(C)N3C(C)=O)cc1Cl. The van der Waals surface area contributed by atoms with Gasteiger partial charge in [-0.15, -0.1) is 0 Å². The third kappa shape index (κ3) is 3.79. The summed E-state index contributed by atoms with van der Waals surface area (Å²) >= 11 is 9.41. The van der Waals surface area contributed by atoms with Crippen LogP contribution in [0, 0.1) is 0 Å². The predicted octanol–water partition coefficient (Wildman–Crippen LogP) is 4.21. The lowest BCUT2D eigenvalue weighted by molar-refractivity contribution is -0.116. The van der Waals surface area contributed by atoms with E-state index in [0.29, 0.717) is 33.0 Å². The number of benzene rings is 2. The van der Waals surface area contributed by atoms with E-state index >= 15 is 0 Å².